The van der Waals surface area contributed by atoms with Gasteiger partial charge in [0.1, 0.15) is 11.3 Å². The second-order valence-electron chi connectivity index (χ2n) is 11.1. The Hall–Kier alpha value is -3.52. The van der Waals surface area contributed by atoms with E-state index >= 15 is 0 Å². The number of H-pyrrole nitrogens is 1. The molecular formula is C33H38ClN3O8S2. The van der Waals surface area contributed by atoms with Gasteiger partial charge in [0, 0.05) is 65.5 Å². The van der Waals surface area contributed by atoms with Crippen molar-refractivity contribution in [2.75, 3.05) is 56.1 Å². The number of carbonyl (C=O) groups is 3. The molecule has 0 fully saturated rings. The number of ether oxygens (including phenoxy) is 2. The van der Waals surface area contributed by atoms with Gasteiger partial charge in [-0.1, -0.05) is 34.9 Å². The summed E-state index contributed by atoms with van der Waals surface area (Å²) in [5, 5.41) is 12.1. The standard InChI is InChI=1S/C33H38ClN3O8S2/c1-5-6-10-36(11-13-47-46-12-9-27(38)39)45-25-16-23-29(30-28(33(41)43-4)19(2)35-31(25)30)21(17-34)18-37(23)32(40)26-15-20-14-22(42-3)7-8-24(20)44-26/h7-8,14-16,21,35H,5-6,9-13,17-18H2,1-4H3,(H,38,39)/t21-/m1/s1. The highest BCUT2D eigenvalue weighted by Crippen LogP contribution is 2.48. The molecular weight excluding hydrogens is 666 g/mol. The first kappa shape index (κ1) is 34.8. The number of esters is 1. The number of nitrogens with one attached hydrogen (secondary N) is 1. The van der Waals surface area contributed by atoms with Crippen molar-refractivity contribution in [3.63, 3.8) is 0 Å². The first-order valence-electron chi connectivity index (χ1n) is 15.3. The number of hydrogen-bond acceptors (Lipinski definition) is 10. The van der Waals surface area contributed by atoms with E-state index in [1.165, 1.54) is 17.9 Å². The van der Waals surface area contributed by atoms with Gasteiger partial charge in [-0.25, -0.2) is 4.79 Å². The molecule has 0 radical (unpaired) electrons. The Morgan fingerprint density at radius 1 is 1.15 bits per heavy atom. The van der Waals surface area contributed by atoms with Gasteiger partial charge in [-0.15, -0.1) is 16.7 Å². The molecule has 0 unspecified atom stereocenters. The number of aliphatic carboxylic acids is 1. The number of fused-ring (bicyclic) bond motifs is 4. The number of carboxylic acid groups (broad SMARTS) is 1. The van der Waals surface area contributed by atoms with E-state index in [0.29, 0.717) is 69.5 Å². The average molecular weight is 704 g/mol. The molecule has 5 rings (SSSR count). The number of halogens is 1. The Morgan fingerprint density at radius 2 is 1.94 bits per heavy atom. The van der Waals surface area contributed by atoms with Crippen LogP contribution >= 0.6 is 33.2 Å². The number of unbranched alkanes of at least 4 members (excludes halogenated alkanes) is 1. The number of anilines is 1. The second kappa shape index (κ2) is 15.6. The molecule has 0 aliphatic carbocycles. The number of aromatic amines is 1. The van der Waals surface area contributed by atoms with Crippen LogP contribution in [0, 0.1) is 6.92 Å². The van der Waals surface area contributed by atoms with E-state index in [1.807, 2.05) is 17.2 Å². The largest absolute Gasteiger partial charge is 0.497 e. The number of hydroxylamine groups is 2. The van der Waals surface area contributed by atoms with Gasteiger partial charge in [0.25, 0.3) is 5.91 Å². The van der Waals surface area contributed by atoms with Crippen LogP contribution in [-0.2, 0) is 9.53 Å². The Kier molecular flexibility index (Phi) is 11.5. The molecule has 4 aromatic rings. The number of methoxy groups -OCH3 is 2. The van der Waals surface area contributed by atoms with Crippen molar-refractivity contribution in [1.29, 1.82) is 0 Å². The van der Waals surface area contributed by atoms with Crippen molar-refractivity contribution in [1.82, 2.24) is 10.0 Å². The van der Waals surface area contributed by atoms with E-state index in [2.05, 4.69) is 11.9 Å². The molecule has 2 aromatic heterocycles. The highest BCUT2D eigenvalue weighted by atomic mass is 35.5. The third-order valence-electron chi connectivity index (χ3n) is 8.00. The first-order chi connectivity index (χ1) is 22.7. The molecule has 1 amide bonds. The van der Waals surface area contributed by atoms with Gasteiger partial charge in [0.2, 0.25) is 0 Å². The van der Waals surface area contributed by atoms with Crippen molar-refractivity contribution < 1.29 is 38.2 Å². The molecule has 252 valence electrons. The SMILES string of the molecule is CCCCN(CCSSCCC(=O)O)Oc1cc2c(c3c(C(=O)OC)c(C)[nH]c13)[C@H](CCl)CN2C(=O)c1cc2cc(OC)ccc2o1. The molecule has 1 aliphatic heterocycles. The fraction of sp³-hybridized carbons (Fsp3) is 0.424. The molecule has 0 spiro atoms. The molecule has 11 nitrogen and oxygen atoms in total. The highest BCUT2D eigenvalue weighted by Gasteiger charge is 2.39. The minimum absolute atomic E-state index is 0.107. The number of amides is 1. The van der Waals surface area contributed by atoms with E-state index in [1.54, 1.807) is 47.9 Å². The minimum Gasteiger partial charge on any atom is -0.497 e. The summed E-state index contributed by atoms with van der Waals surface area (Å²) in [6.45, 7) is 5.41. The summed E-state index contributed by atoms with van der Waals surface area (Å²) in [5.74, 6) is 0.773. The summed E-state index contributed by atoms with van der Waals surface area (Å²) in [7, 11) is 6.02. The summed E-state index contributed by atoms with van der Waals surface area (Å²) < 4.78 is 16.5. The highest BCUT2D eigenvalue weighted by molar-refractivity contribution is 8.76. The molecule has 0 bridgehead atoms. The zero-order valence-electron chi connectivity index (χ0n) is 26.7. The van der Waals surface area contributed by atoms with E-state index in [0.717, 1.165) is 23.8 Å². The molecule has 47 heavy (non-hydrogen) atoms. The van der Waals surface area contributed by atoms with Crippen LogP contribution in [0.3, 0.4) is 0 Å². The van der Waals surface area contributed by atoms with Crippen LogP contribution in [0.5, 0.6) is 11.5 Å². The summed E-state index contributed by atoms with van der Waals surface area (Å²) in [4.78, 5) is 49.7. The maximum Gasteiger partial charge on any atom is 0.340 e. The summed E-state index contributed by atoms with van der Waals surface area (Å²) >= 11 is 6.54. The van der Waals surface area contributed by atoms with E-state index in [9.17, 15) is 14.4 Å². The van der Waals surface area contributed by atoms with Gasteiger partial charge in [0.05, 0.1) is 37.4 Å². The van der Waals surface area contributed by atoms with Crippen LogP contribution in [0.2, 0.25) is 0 Å². The van der Waals surface area contributed by atoms with Gasteiger partial charge in [0.15, 0.2) is 11.5 Å². The number of hydrogen-bond donors (Lipinski definition) is 2. The van der Waals surface area contributed by atoms with E-state index in [-0.39, 0.29) is 36.4 Å². The number of carbonyl (C=O) groups excluding carboxylic acids is 2. The van der Waals surface area contributed by atoms with Crippen LogP contribution in [0.25, 0.3) is 21.9 Å². The third-order valence-corrected chi connectivity index (χ3v) is 10.8. The van der Waals surface area contributed by atoms with Crippen LogP contribution in [-0.4, -0.2) is 84.2 Å². The van der Waals surface area contributed by atoms with Crippen molar-refractivity contribution in [2.24, 2.45) is 0 Å². The zero-order chi connectivity index (χ0) is 33.7. The average Bonchev–Trinajstić information content (AvgIpc) is 3.76. The van der Waals surface area contributed by atoms with Crippen molar-refractivity contribution >= 4 is 78.6 Å². The third kappa shape index (κ3) is 7.48. The predicted octanol–water partition coefficient (Wildman–Crippen LogP) is 7.25. The summed E-state index contributed by atoms with van der Waals surface area (Å²) in [5.41, 5.74) is 3.51. The fourth-order valence-electron chi connectivity index (χ4n) is 5.72. The maximum absolute atomic E-state index is 14.1. The first-order valence-corrected chi connectivity index (χ1v) is 18.3. The van der Waals surface area contributed by atoms with Gasteiger partial charge < -0.3 is 33.7 Å². The van der Waals surface area contributed by atoms with E-state index < -0.39 is 11.9 Å². The molecule has 0 saturated heterocycles. The molecule has 2 N–H and O–H groups in total. The number of carboxylic acids is 1. The molecule has 3 heterocycles. The van der Waals surface area contributed by atoms with Gasteiger partial charge in [-0.3, -0.25) is 9.59 Å². The number of furan rings is 1. The zero-order valence-corrected chi connectivity index (χ0v) is 29.1. The van der Waals surface area contributed by atoms with Crippen LogP contribution < -0.4 is 14.5 Å². The van der Waals surface area contributed by atoms with Gasteiger partial charge in [-0.2, -0.15) is 0 Å². The number of aromatic nitrogens is 1. The Morgan fingerprint density at radius 3 is 2.64 bits per heavy atom. The number of nitrogens with zero attached hydrogens (tertiary/aromatic N) is 2. The topological polar surface area (TPSA) is 135 Å². The summed E-state index contributed by atoms with van der Waals surface area (Å²) in [6.07, 6.45) is 1.95. The number of aryl methyl sites for hydroxylation is 1. The Balaban J connectivity index is 1.55. The fourth-order valence-corrected chi connectivity index (χ4v) is 7.93. The van der Waals surface area contributed by atoms with Crippen LogP contribution in [0.1, 0.15) is 64.3 Å². The van der Waals surface area contributed by atoms with Crippen molar-refractivity contribution in [3.8, 4) is 11.5 Å². The number of rotatable bonds is 16. The Bertz CT molecular complexity index is 1770. The Labute approximate surface area is 285 Å². The van der Waals surface area contributed by atoms with Crippen LogP contribution in [0.15, 0.2) is 34.7 Å². The molecule has 1 atom stereocenters. The van der Waals surface area contributed by atoms with E-state index in [4.69, 9.17) is 35.4 Å². The lowest BCUT2D eigenvalue weighted by molar-refractivity contribution is -0.136. The molecule has 2 aromatic carbocycles. The smallest absolute Gasteiger partial charge is 0.340 e. The number of benzene rings is 2. The maximum atomic E-state index is 14.1. The molecule has 0 saturated carbocycles. The molecule has 1 aliphatic rings. The lowest BCUT2D eigenvalue weighted by atomic mass is 9.95. The van der Waals surface area contributed by atoms with Crippen molar-refractivity contribution in [3.05, 3.63) is 52.9 Å². The summed E-state index contributed by atoms with van der Waals surface area (Å²) in [6, 6.07) is 8.87. The van der Waals surface area contributed by atoms with Gasteiger partial charge in [-0.05, 0) is 43.2 Å². The normalized spacial score (nSPS) is 14.3. The van der Waals surface area contributed by atoms with Gasteiger partial charge >= 0.3 is 11.9 Å². The number of alkyl halides is 1. The minimum atomic E-state index is -0.816. The second-order valence-corrected chi connectivity index (χ2v) is 14.1. The quantitative estimate of drug-likeness (QED) is 0.0402. The lowest BCUT2D eigenvalue weighted by Gasteiger charge is -2.24. The monoisotopic (exact) mass is 703 g/mol. The lowest BCUT2D eigenvalue weighted by Crippen LogP contribution is -2.31. The van der Waals surface area contributed by atoms with Crippen molar-refractivity contribution in [2.45, 2.75) is 39.0 Å². The van der Waals surface area contributed by atoms with Crippen LogP contribution in [0.4, 0.5) is 5.69 Å². The predicted molar refractivity (Wildman–Crippen MR) is 187 cm³/mol. The molecule has 14 heteroatoms.